The molecule has 1 amide bonds. The lowest BCUT2D eigenvalue weighted by atomic mass is 10.2. The van der Waals surface area contributed by atoms with Crippen LogP contribution in [0.4, 0.5) is 5.69 Å². The normalized spacial score (nSPS) is 16.4. The van der Waals surface area contributed by atoms with Crippen molar-refractivity contribution in [2.75, 3.05) is 38.2 Å². The lowest BCUT2D eigenvalue weighted by molar-refractivity contribution is -0.117. The second kappa shape index (κ2) is 6.88. The van der Waals surface area contributed by atoms with Crippen molar-refractivity contribution in [3.05, 3.63) is 29.8 Å². The summed E-state index contributed by atoms with van der Waals surface area (Å²) in [6.45, 7) is 3.47. The Kier molecular flexibility index (Phi) is 4.90. The van der Waals surface area contributed by atoms with Gasteiger partial charge >= 0.3 is 0 Å². The van der Waals surface area contributed by atoms with Gasteiger partial charge in [0.2, 0.25) is 5.91 Å². The van der Waals surface area contributed by atoms with Gasteiger partial charge in [0, 0.05) is 25.4 Å². The summed E-state index contributed by atoms with van der Waals surface area (Å²) in [7, 11) is 0. The second-order valence-corrected chi connectivity index (χ2v) is 4.48. The fourth-order valence-corrected chi connectivity index (χ4v) is 2.03. The molecule has 1 saturated heterocycles. The number of hydrogen-bond donors (Lipinski definition) is 1. The zero-order valence-electron chi connectivity index (χ0n) is 10.8. The van der Waals surface area contributed by atoms with E-state index in [2.05, 4.69) is 16.3 Å². The van der Waals surface area contributed by atoms with E-state index in [9.17, 15) is 4.79 Å². The van der Waals surface area contributed by atoms with Crippen LogP contribution in [0, 0.1) is 11.3 Å². The number of amides is 1. The molecule has 0 aromatic heterocycles. The van der Waals surface area contributed by atoms with Gasteiger partial charge in [-0.25, -0.2) is 0 Å². The zero-order valence-corrected chi connectivity index (χ0v) is 10.8. The Balaban J connectivity index is 1.88. The minimum Gasteiger partial charge on any atom is -0.380 e. The molecule has 19 heavy (non-hydrogen) atoms. The first-order chi connectivity index (χ1) is 9.28. The summed E-state index contributed by atoms with van der Waals surface area (Å²) in [4.78, 5) is 14.0. The summed E-state index contributed by atoms with van der Waals surface area (Å²) in [5, 5.41) is 11.6. The highest BCUT2D eigenvalue weighted by Gasteiger charge is 2.13. The fraction of sp³-hybridized carbons (Fsp3) is 0.429. The van der Waals surface area contributed by atoms with Gasteiger partial charge in [-0.2, -0.15) is 5.26 Å². The van der Waals surface area contributed by atoms with Gasteiger partial charge in [-0.05, 0) is 24.6 Å². The molecule has 0 spiro atoms. The summed E-state index contributed by atoms with van der Waals surface area (Å²) in [5.41, 5.74) is 1.20. The average Bonchev–Trinajstić information content (AvgIpc) is 2.67. The van der Waals surface area contributed by atoms with Gasteiger partial charge in [0.1, 0.15) is 0 Å². The number of carbonyl (C=O) groups is 1. The maximum Gasteiger partial charge on any atom is 0.238 e. The molecule has 0 atom stereocenters. The van der Waals surface area contributed by atoms with E-state index >= 15 is 0 Å². The van der Waals surface area contributed by atoms with E-state index < -0.39 is 0 Å². The summed E-state index contributed by atoms with van der Waals surface area (Å²) < 4.78 is 5.35. The molecule has 1 aromatic rings. The first kappa shape index (κ1) is 13.5. The molecule has 0 radical (unpaired) electrons. The van der Waals surface area contributed by atoms with Crippen LogP contribution in [0.25, 0.3) is 0 Å². The largest absolute Gasteiger partial charge is 0.380 e. The van der Waals surface area contributed by atoms with E-state index in [1.807, 2.05) is 0 Å². The summed E-state index contributed by atoms with van der Waals surface area (Å²) in [6, 6.07) is 8.97. The summed E-state index contributed by atoms with van der Waals surface area (Å²) >= 11 is 0. The van der Waals surface area contributed by atoms with Crippen LogP contribution in [0.5, 0.6) is 0 Å². The Morgan fingerprint density at radius 1 is 1.42 bits per heavy atom. The van der Waals surface area contributed by atoms with Gasteiger partial charge in [0.25, 0.3) is 0 Å². The van der Waals surface area contributed by atoms with Gasteiger partial charge in [-0.1, -0.05) is 6.07 Å². The van der Waals surface area contributed by atoms with Crippen LogP contribution >= 0.6 is 0 Å². The second-order valence-electron chi connectivity index (χ2n) is 4.48. The third-order valence-corrected chi connectivity index (χ3v) is 2.96. The summed E-state index contributed by atoms with van der Waals surface area (Å²) in [5.74, 6) is -0.0583. The molecule has 1 aromatic carbocycles. The number of carbonyl (C=O) groups excluding carboxylic acids is 1. The van der Waals surface area contributed by atoms with E-state index in [0.717, 1.165) is 26.1 Å². The van der Waals surface area contributed by atoms with Crippen LogP contribution in [0.2, 0.25) is 0 Å². The minimum atomic E-state index is -0.0583. The predicted molar refractivity (Wildman–Crippen MR) is 71.7 cm³/mol. The van der Waals surface area contributed by atoms with E-state index in [-0.39, 0.29) is 5.91 Å². The molecule has 2 rings (SSSR count). The number of rotatable bonds is 3. The van der Waals surface area contributed by atoms with Crippen LogP contribution in [0.3, 0.4) is 0 Å². The monoisotopic (exact) mass is 259 g/mol. The van der Waals surface area contributed by atoms with Gasteiger partial charge in [0.05, 0.1) is 24.8 Å². The third-order valence-electron chi connectivity index (χ3n) is 2.96. The molecule has 1 N–H and O–H groups in total. The predicted octanol–water partition coefficient (Wildman–Crippen LogP) is 1.22. The van der Waals surface area contributed by atoms with Gasteiger partial charge in [-0.3, -0.25) is 9.69 Å². The quantitative estimate of drug-likeness (QED) is 0.886. The molecular weight excluding hydrogens is 242 g/mol. The van der Waals surface area contributed by atoms with Crippen molar-refractivity contribution in [3.63, 3.8) is 0 Å². The highest BCUT2D eigenvalue weighted by Crippen LogP contribution is 2.10. The summed E-state index contributed by atoms with van der Waals surface area (Å²) in [6.07, 6.45) is 0.956. The molecule has 100 valence electrons. The number of anilines is 1. The Morgan fingerprint density at radius 2 is 2.32 bits per heavy atom. The molecule has 1 aliphatic heterocycles. The molecule has 0 saturated carbocycles. The topological polar surface area (TPSA) is 65.4 Å². The van der Waals surface area contributed by atoms with Crippen molar-refractivity contribution < 1.29 is 9.53 Å². The Labute approximate surface area is 112 Å². The van der Waals surface area contributed by atoms with Crippen LogP contribution in [0.15, 0.2) is 24.3 Å². The fourth-order valence-electron chi connectivity index (χ4n) is 2.03. The Bertz CT molecular complexity index is 474. The van der Waals surface area contributed by atoms with Crippen molar-refractivity contribution in [1.29, 1.82) is 5.26 Å². The van der Waals surface area contributed by atoms with Crippen molar-refractivity contribution in [2.45, 2.75) is 6.42 Å². The first-order valence-electron chi connectivity index (χ1n) is 6.38. The van der Waals surface area contributed by atoms with E-state index in [1.54, 1.807) is 24.3 Å². The molecule has 0 bridgehead atoms. The standard InChI is InChI=1S/C14H17N3O2/c15-10-12-3-1-4-13(9-12)16-14(18)11-17-5-2-7-19-8-6-17/h1,3-4,9H,2,5-8,11H2,(H,16,18). The first-order valence-corrected chi connectivity index (χ1v) is 6.38. The van der Waals surface area contributed by atoms with Crippen molar-refractivity contribution in [2.24, 2.45) is 0 Å². The van der Waals surface area contributed by atoms with Gasteiger partial charge in [0.15, 0.2) is 0 Å². The number of hydrogen-bond acceptors (Lipinski definition) is 4. The molecule has 5 nitrogen and oxygen atoms in total. The van der Waals surface area contributed by atoms with E-state index in [1.165, 1.54) is 0 Å². The third kappa shape index (κ3) is 4.36. The molecule has 5 heteroatoms. The van der Waals surface area contributed by atoms with Gasteiger partial charge < -0.3 is 10.1 Å². The van der Waals surface area contributed by atoms with Gasteiger partial charge in [-0.15, -0.1) is 0 Å². The molecule has 1 heterocycles. The minimum absolute atomic E-state index is 0.0583. The van der Waals surface area contributed by atoms with Crippen LogP contribution in [0.1, 0.15) is 12.0 Å². The number of benzene rings is 1. The lowest BCUT2D eigenvalue weighted by Crippen LogP contribution is -2.34. The Hall–Kier alpha value is -1.90. The number of nitriles is 1. The molecule has 0 aliphatic carbocycles. The van der Waals surface area contributed by atoms with E-state index in [0.29, 0.717) is 24.4 Å². The SMILES string of the molecule is N#Cc1cccc(NC(=O)CN2CCCOCC2)c1. The molecular formula is C14H17N3O2. The van der Waals surface area contributed by atoms with E-state index in [4.69, 9.17) is 10.00 Å². The molecule has 0 unspecified atom stereocenters. The maximum atomic E-state index is 11.9. The van der Waals surface area contributed by atoms with Crippen LogP contribution in [-0.2, 0) is 9.53 Å². The molecule has 1 aliphatic rings. The number of nitrogens with one attached hydrogen (secondary N) is 1. The maximum absolute atomic E-state index is 11.9. The highest BCUT2D eigenvalue weighted by molar-refractivity contribution is 5.92. The number of ether oxygens (including phenoxy) is 1. The zero-order chi connectivity index (χ0) is 13.5. The van der Waals surface area contributed by atoms with Crippen molar-refractivity contribution in [1.82, 2.24) is 4.90 Å². The molecule has 1 fully saturated rings. The smallest absolute Gasteiger partial charge is 0.238 e. The Morgan fingerprint density at radius 3 is 3.16 bits per heavy atom. The highest BCUT2D eigenvalue weighted by atomic mass is 16.5. The van der Waals surface area contributed by atoms with Crippen molar-refractivity contribution in [3.8, 4) is 6.07 Å². The van der Waals surface area contributed by atoms with Crippen LogP contribution < -0.4 is 5.32 Å². The lowest BCUT2D eigenvalue weighted by Gasteiger charge is -2.18. The van der Waals surface area contributed by atoms with Crippen molar-refractivity contribution >= 4 is 11.6 Å². The average molecular weight is 259 g/mol. The van der Waals surface area contributed by atoms with Crippen LogP contribution in [-0.4, -0.2) is 43.7 Å². The number of nitrogens with zero attached hydrogens (tertiary/aromatic N) is 2.